The minimum Gasteiger partial charge on any atom is -0.399 e. The van der Waals surface area contributed by atoms with Crippen LogP contribution in [0.4, 0.5) is 11.4 Å². The molecule has 0 bridgehead atoms. The summed E-state index contributed by atoms with van der Waals surface area (Å²) in [6.07, 6.45) is 0. The number of hydrogen-bond donors (Lipinski definition) is 3. The Hall–Kier alpha value is -2.00. The van der Waals surface area contributed by atoms with E-state index in [4.69, 9.17) is 17.2 Å². The lowest BCUT2D eigenvalue weighted by atomic mass is 9.98. The summed E-state index contributed by atoms with van der Waals surface area (Å²) in [4.78, 5) is 0. The third-order valence-corrected chi connectivity index (χ3v) is 2.60. The highest BCUT2D eigenvalue weighted by atomic mass is 14.7. The molecule has 1 atom stereocenters. The Kier molecular flexibility index (Phi) is 2.79. The molecule has 0 aliphatic rings. The number of hydrogen-bond acceptors (Lipinski definition) is 3. The molecule has 0 saturated heterocycles. The van der Waals surface area contributed by atoms with Crippen LogP contribution in [-0.2, 0) is 0 Å². The molecule has 0 heterocycles. The molecule has 3 heteroatoms. The predicted molar refractivity (Wildman–Crippen MR) is 67.7 cm³/mol. The van der Waals surface area contributed by atoms with Gasteiger partial charge in [-0.05, 0) is 23.3 Å². The van der Waals surface area contributed by atoms with Crippen LogP contribution in [0.5, 0.6) is 0 Å². The molecular formula is C13H15N3. The van der Waals surface area contributed by atoms with E-state index >= 15 is 0 Å². The monoisotopic (exact) mass is 213 g/mol. The second-order valence-corrected chi connectivity index (χ2v) is 3.78. The maximum Gasteiger partial charge on any atom is 0.0572 e. The fourth-order valence-electron chi connectivity index (χ4n) is 1.72. The van der Waals surface area contributed by atoms with Crippen molar-refractivity contribution in [3.8, 4) is 0 Å². The van der Waals surface area contributed by atoms with Crippen LogP contribution in [0.3, 0.4) is 0 Å². The summed E-state index contributed by atoms with van der Waals surface area (Å²) in [7, 11) is 0. The van der Waals surface area contributed by atoms with E-state index in [-0.39, 0.29) is 6.04 Å². The topological polar surface area (TPSA) is 78.1 Å². The molecule has 16 heavy (non-hydrogen) atoms. The molecule has 2 rings (SSSR count). The number of benzene rings is 2. The van der Waals surface area contributed by atoms with Crippen molar-refractivity contribution in [3.63, 3.8) is 0 Å². The van der Waals surface area contributed by atoms with E-state index in [0.717, 1.165) is 11.1 Å². The van der Waals surface area contributed by atoms with Crippen molar-refractivity contribution in [2.24, 2.45) is 5.73 Å². The van der Waals surface area contributed by atoms with Gasteiger partial charge < -0.3 is 17.2 Å². The largest absolute Gasteiger partial charge is 0.399 e. The SMILES string of the molecule is Nc1ccc(C(N)c2ccccc2)c(N)c1. The lowest BCUT2D eigenvalue weighted by Crippen LogP contribution is -2.13. The summed E-state index contributed by atoms with van der Waals surface area (Å²) in [5.74, 6) is 0. The fraction of sp³-hybridized carbons (Fsp3) is 0.0769. The van der Waals surface area contributed by atoms with Gasteiger partial charge in [-0.15, -0.1) is 0 Å². The number of rotatable bonds is 2. The van der Waals surface area contributed by atoms with Gasteiger partial charge in [0.2, 0.25) is 0 Å². The van der Waals surface area contributed by atoms with Gasteiger partial charge in [-0.2, -0.15) is 0 Å². The predicted octanol–water partition coefficient (Wildman–Crippen LogP) is 1.90. The molecule has 3 nitrogen and oxygen atoms in total. The van der Waals surface area contributed by atoms with Gasteiger partial charge in [-0.25, -0.2) is 0 Å². The quantitative estimate of drug-likeness (QED) is 0.667. The van der Waals surface area contributed by atoms with Gasteiger partial charge in [0.05, 0.1) is 6.04 Å². The van der Waals surface area contributed by atoms with E-state index in [2.05, 4.69) is 0 Å². The fourth-order valence-corrected chi connectivity index (χ4v) is 1.72. The van der Waals surface area contributed by atoms with Crippen molar-refractivity contribution in [1.29, 1.82) is 0 Å². The highest BCUT2D eigenvalue weighted by Gasteiger charge is 2.11. The third kappa shape index (κ3) is 1.99. The highest BCUT2D eigenvalue weighted by molar-refractivity contribution is 5.59. The van der Waals surface area contributed by atoms with E-state index < -0.39 is 0 Å². The van der Waals surface area contributed by atoms with Crippen molar-refractivity contribution >= 4 is 11.4 Å². The smallest absolute Gasteiger partial charge is 0.0572 e. The van der Waals surface area contributed by atoms with Crippen molar-refractivity contribution in [1.82, 2.24) is 0 Å². The van der Waals surface area contributed by atoms with Crippen LogP contribution in [0.25, 0.3) is 0 Å². The normalized spacial score (nSPS) is 12.3. The van der Waals surface area contributed by atoms with E-state index in [1.165, 1.54) is 0 Å². The minimum absolute atomic E-state index is 0.207. The molecule has 0 fully saturated rings. The Bertz CT molecular complexity index is 480. The van der Waals surface area contributed by atoms with Crippen molar-refractivity contribution in [2.45, 2.75) is 6.04 Å². The van der Waals surface area contributed by atoms with Crippen molar-refractivity contribution in [3.05, 3.63) is 59.7 Å². The van der Waals surface area contributed by atoms with Gasteiger partial charge in [0.15, 0.2) is 0 Å². The molecule has 82 valence electrons. The van der Waals surface area contributed by atoms with Gasteiger partial charge >= 0.3 is 0 Å². The van der Waals surface area contributed by atoms with Crippen LogP contribution >= 0.6 is 0 Å². The van der Waals surface area contributed by atoms with Crippen LogP contribution in [0.15, 0.2) is 48.5 Å². The molecule has 0 amide bonds. The second kappa shape index (κ2) is 4.24. The Morgan fingerprint density at radius 3 is 2.19 bits per heavy atom. The van der Waals surface area contributed by atoms with Gasteiger partial charge in [-0.3, -0.25) is 0 Å². The molecule has 2 aromatic carbocycles. The molecular weight excluding hydrogens is 198 g/mol. The zero-order valence-corrected chi connectivity index (χ0v) is 8.93. The van der Waals surface area contributed by atoms with E-state index in [1.807, 2.05) is 42.5 Å². The zero-order valence-electron chi connectivity index (χ0n) is 8.93. The molecule has 0 radical (unpaired) electrons. The Morgan fingerprint density at radius 1 is 0.875 bits per heavy atom. The van der Waals surface area contributed by atoms with Crippen LogP contribution in [-0.4, -0.2) is 0 Å². The maximum atomic E-state index is 6.15. The van der Waals surface area contributed by atoms with Crippen LogP contribution in [0.2, 0.25) is 0 Å². The van der Waals surface area contributed by atoms with Crippen LogP contribution in [0.1, 0.15) is 17.2 Å². The number of nitrogen functional groups attached to an aromatic ring is 2. The summed E-state index contributed by atoms with van der Waals surface area (Å²) < 4.78 is 0. The summed E-state index contributed by atoms with van der Waals surface area (Å²) in [6.45, 7) is 0. The van der Waals surface area contributed by atoms with Crippen LogP contribution in [0, 0.1) is 0 Å². The first kappa shape index (κ1) is 10.5. The minimum atomic E-state index is -0.207. The average molecular weight is 213 g/mol. The van der Waals surface area contributed by atoms with E-state index in [9.17, 15) is 0 Å². The van der Waals surface area contributed by atoms with Gasteiger partial charge in [0, 0.05) is 11.4 Å². The molecule has 0 saturated carbocycles. The van der Waals surface area contributed by atoms with Crippen molar-refractivity contribution in [2.75, 3.05) is 11.5 Å². The van der Waals surface area contributed by atoms with Crippen LogP contribution < -0.4 is 17.2 Å². The summed E-state index contributed by atoms with van der Waals surface area (Å²) in [6, 6.07) is 15.1. The summed E-state index contributed by atoms with van der Waals surface area (Å²) >= 11 is 0. The van der Waals surface area contributed by atoms with Gasteiger partial charge in [0.25, 0.3) is 0 Å². The summed E-state index contributed by atoms with van der Waals surface area (Å²) in [5, 5.41) is 0. The first-order valence-corrected chi connectivity index (χ1v) is 5.14. The molecule has 1 unspecified atom stereocenters. The first-order chi connectivity index (χ1) is 7.68. The van der Waals surface area contributed by atoms with Gasteiger partial charge in [0.1, 0.15) is 0 Å². The Morgan fingerprint density at radius 2 is 1.56 bits per heavy atom. The molecule has 6 N–H and O–H groups in total. The third-order valence-electron chi connectivity index (χ3n) is 2.60. The average Bonchev–Trinajstić information content (AvgIpc) is 2.29. The van der Waals surface area contributed by atoms with E-state index in [1.54, 1.807) is 6.07 Å². The Labute approximate surface area is 94.9 Å². The lowest BCUT2D eigenvalue weighted by molar-refractivity contribution is 0.875. The Balaban J connectivity index is 2.38. The molecule has 0 aliphatic carbocycles. The van der Waals surface area contributed by atoms with Gasteiger partial charge in [-0.1, -0.05) is 36.4 Å². The standard InChI is InChI=1S/C13H15N3/c14-10-6-7-11(12(15)8-10)13(16)9-4-2-1-3-5-9/h1-8,13H,14-16H2. The molecule has 2 aromatic rings. The highest BCUT2D eigenvalue weighted by Crippen LogP contribution is 2.25. The molecule has 0 spiro atoms. The lowest BCUT2D eigenvalue weighted by Gasteiger charge is -2.15. The van der Waals surface area contributed by atoms with E-state index in [0.29, 0.717) is 11.4 Å². The summed E-state index contributed by atoms with van der Waals surface area (Å²) in [5.41, 5.74) is 20.9. The second-order valence-electron chi connectivity index (χ2n) is 3.78. The maximum absolute atomic E-state index is 6.15. The number of nitrogens with two attached hydrogens (primary N) is 3. The first-order valence-electron chi connectivity index (χ1n) is 5.14. The number of anilines is 2. The molecule has 0 aromatic heterocycles. The zero-order chi connectivity index (χ0) is 11.5. The van der Waals surface area contributed by atoms with Crippen molar-refractivity contribution < 1.29 is 0 Å². The molecule has 0 aliphatic heterocycles.